The molecular formula is C36H49ClN4O6S. The fourth-order valence-electron chi connectivity index (χ4n) is 6.76. The van der Waals surface area contributed by atoms with Gasteiger partial charge in [0, 0.05) is 31.2 Å². The van der Waals surface area contributed by atoms with Gasteiger partial charge in [0.1, 0.15) is 12.4 Å². The van der Waals surface area contributed by atoms with Crippen molar-refractivity contribution >= 4 is 33.2 Å². The van der Waals surface area contributed by atoms with Gasteiger partial charge in [-0.2, -0.15) is 0 Å². The molecule has 6 rings (SSSR count). The molecule has 2 aromatic rings. The van der Waals surface area contributed by atoms with E-state index in [2.05, 4.69) is 14.9 Å². The Bertz CT molecular complexity index is 1610. The lowest BCUT2D eigenvalue weighted by molar-refractivity contribution is -0.167. The minimum Gasteiger partial charge on any atom is -0.487 e. The van der Waals surface area contributed by atoms with Crippen LogP contribution in [0, 0.1) is 17.8 Å². The molecule has 2 saturated carbocycles. The summed E-state index contributed by atoms with van der Waals surface area (Å²) >= 11 is 6.35. The van der Waals surface area contributed by atoms with Crippen LogP contribution in [0.15, 0.2) is 53.4 Å². The van der Waals surface area contributed by atoms with E-state index < -0.39 is 27.9 Å². The van der Waals surface area contributed by atoms with Gasteiger partial charge in [-0.05, 0) is 125 Å². The highest BCUT2D eigenvalue weighted by molar-refractivity contribution is 7.90. The number of carbonyl (C=O) groups excluding carboxylic acids is 1. The molecule has 4 atom stereocenters. The van der Waals surface area contributed by atoms with Crippen molar-refractivity contribution in [3.8, 4) is 5.75 Å². The van der Waals surface area contributed by atoms with E-state index in [0.29, 0.717) is 48.6 Å². The summed E-state index contributed by atoms with van der Waals surface area (Å²) in [6.45, 7) is 6.19. The topological polar surface area (TPSA) is 120 Å². The van der Waals surface area contributed by atoms with Crippen molar-refractivity contribution in [2.45, 2.75) is 88.4 Å². The van der Waals surface area contributed by atoms with Gasteiger partial charge in [-0.15, -0.1) is 0 Å². The fourth-order valence-corrected chi connectivity index (χ4v) is 8.08. The number of hydrogen-bond donors (Lipinski definition) is 3. The average molecular weight is 701 g/mol. The molecule has 2 bridgehead atoms. The molecule has 0 saturated heterocycles. The van der Waals surface area contributed by atoms with Gasteiger partial charge in [0.2, 0.25) is 6.41 Å². The van der Waals surface area contributed by atoms with Gasteiger partial charge in [0.05, 0.1) is 22.2 Å². The van der Waals surface area contributed by atoms with Crippen molar-refractivity contribution in [1.82, 2.24) is 14.9 Å². The van der Waals surface area contributed by atoms with E-state index >= 15 is 0 Å². The van der Waals surface area contributed by atoms with Crippen molar-refractivity contribution in [3.05, 3.63) is 64.7 Å². The Morgan fingerprint density at radius 3 is 2.69 bits per heavy atom. The number of aryl methyl sites for hydroxylation is 1. The second kappa shape index (κ2) is 14.7. The van der Waals surface area contributed by atoms with E-state index in [4.69, 9.17) is 21.1 Å². The number of likely N-dealkylation sites (N-methyl/N-ethyl adjacent to an activating group) is 1. The van der Waals surface area contributed by atoms with Gasteiger partial charge in [-0.25, -0.2) is 13.1 Å². The molecule has 0 radical (unpaired) electrons. The number of nitrogens with zero attached hydrogens (tertiary/aromatic N) is 2. The van der Waals surface area contributed by atoms with E-state index in [0.717, 1.165) is 49.8 Å². The van der Waals surface area contributed by atoms with Crippen molar-refractivity contribution in [2.24, 2.45) is 17.8 Å². The first kappa shape index (κ1) is 35.2. The predicted molar refractivity (Wildman–Crippen MR) is 186 cm³/mol. The third-order valence-electron chi connectivity index (χ3n) is 10.6. The van der Waals surface area contributed by atoms with E-state index in [1.807, 2.05) is 30.4 Å². The number of anilines is 1. The quantitative estimate of drug-likeness (QED) is 0.298. The van der Waals surface area contributed by atoms with Gasteiger partial charge in [0.15, 0.2) is 0 Å². The maximum Gasteiger partial charge on any atom is 0.264 e. The molecule has 10 nitrogen and oxygen atoms in total. The third-order valence-corrected chi connectivity index (χ3v) is 12.2. The molecule has 12 heteroatoms. The molecule has 2 aromatic carbocycles. The number of aliphatic hydroxyl groups is 1. The second-order valence-corrected chi connectivity index (χ2v) is 16.5. The summed E-state index contributed by atoms with van der Waals surface area (Å²) in [5, 5.41) is 14.6. The molecule has 2 heterocycles. The van der Waals surface area contributed by atoms with Gasteiger partial charge < -0.3 is 19.5 Å². The molecule has 1 unspecified atom stereocenters. The van der Waals surface area contributed by atoms with Crippen LogP contribution in [0.3, 0.4) is 0 Å². The lowest BCUT2D eigenvalue weighted by atomic mass is 9.70. The van der Waals surface area contributed by atoms with E-state index in [1.54, 1.807) is 37.9 Å². The molecule has 2 aliphatic carbocycles. The average Bonchev–Trinajstić information content (AvgIpc) is 3.86. The zero-order valence-electron chi connectivity index (χ0n) is 28.2. The van der Waals surface area contributed by atoms with E-state index in [-0.39, 0.29) is 22.8 Å². The summed E-state index contributed by atoms with van der Waals surface area (Å²) < 4.78 is 42.5. The SMILES string of the molecule is CN1C/C=C/[C@H](OC(O)NCC2CC2)[C@@H]2CC[C@H]2CN2CCCCc3cc(Cl)ccc3COc3ccc(cc32)S(=O)(=O)NC(=O)C1(C)C. The number of aliphatic hydroxyl groups excluding tert-OH is 1. The Labute approximate surface area is 289 Å². The van der Waals surface area contributed by atoms with Crippen molar-refractivity contribution in [1.29, 1.82) is 0 Å². The number of hydrogen-bond acceptors (Lipinski definition) is 9. The highest BCUT2D eigenvalue weighted by atomic mass is 35.5. The van der Waals surface area contributed by atoms with Gasteiger partial charge in [-0.1, -0.05) is 29.8 Å². The Hall–Kier alpha value is -2.67. The largest absolute Gasteiger partial charge is 0.487 e. The molecule has 48 heavy (non-hydrogen) atoms. The highest BCUT2D eigenvalue weighted by Gasteiger charge is 2.40. The van der Waals surface area contributed by atoms with Crippen molar-refractivity contribution < 1.29 is 27.8 Å². The fraction of sp³-hybridized carbons (Fsp3) is 0.583. The molecule has 2 fully saturated rings. The number of carbonyl (C=O) groups is 1. The molecule has 262 valence electrons. The first-order valence-corrected chi connectivity index (χ1v) is 19.1. The molecule has 1 amide bonds. The third kappa shape index (κ3) is 8.20. The summed E-state index contributed by atoms with van der Waals surface area (Å²) in [5.41, 5.74) is 1.73. The molecule has 3 N–H and O–H groups in total. The number of fused-ring (bicyclic) bond motifs is 3. The van der Waals surface area contributed by atoms with Crippen molar-refractivity contribution in [3.63, 3.8) is 0 Å². The number of halogens is 1. The summed E-state index contributed by atoms with van der Waals surface area (Å²) in [6.07, 6.45) is 9.47. The van der Waals surface area contributed by atoms with Crippen LogP contribution >= 0.6 is 11.6 Å². The molecule has 4 aliphatic rings. The van der Waals surface area contributed by atoms with Crippen LogP contribution in [-0.4, -0.2) is 75.6 Å². The number of nitrogens with one attached hydrogen (secondary N) is 2. The van der Waals surface area contributed by atoms with Crippen LogP contribution in [0.4, 0.5) is 5.69 Å². The maximum absolute atomic E-state index is 13.7. The van der Waals surface area contributed by atoms with E-state index in [9.17, 15) is 18.3 Å². The zero-order valence-corrected chi connectivity index (χ0v) is 29.7. The van der Waals surface area contributed by atoms with Crippen LogP contribution in [0.25, 0.3) is 0 Å². The normalized spacial score (nSPS) is 27.6. The van der Waals surface area contributed by atoms with Crippen LogP contribution in [0.5, 0.6) is 5.75 Å². The molecular weight excluding hydrogens is 652 g/mol. The summed E-state index contributed by atoms with van der Waals surface area (Å²) in [5.74, 6) is 0.935. The minimum atomic E-state index is -4.19. The number of rotatable bonds is 5. The Morgan fingerprint density at radius 2 is 1.94 bits per heavy atom. The van der Waals surface area contributed by atoms with Crippen molar-refractivity contribution in [2.75, 3.05) is 38.1 Å². The van der Waals surface area contributed by atoms with Crippen LogP contribution < -0.4 is 19.7 Å². The van der Waals surface area contributed by atoms with E-state index in [1.165, 1.54) is 18.9 Å². The lowest BCUT2D eigenvalue weighted by Crippen LogP contribution is -2.54. The van der Waals surface area contributed by atoms with Crippen LogP contribution in [0.2, 0.25) is 5.02 Å². The first-order chi connectivity index (χ1) is 22.9. The zero-order chi connectivity index (χ0) is 34.1. The number of sulfonamides is 1. The van der Waals surface area contributed by atoms with Gasteiger partial charge >= 0.3 is 0 Å². The van der Waals surface area contributed by atoms with Crippen LogP contribution in [-0.2, 0) is 32.6 Å². The Kier molecular flexibility index (Phi) is 10.7. The number of ether oxygens (including phenoxy) is 2. The summed E-state index contributed by atoms with van der Waals surface area (Å²) in [6, 6.07) is 10.7. The monoisotopic (exact) mass is 700 g/mol. The predicted octanol–water partition coefficient (Wildman–Crippen LogP) is 4.83. The van der Waals surface area contributed by atoms with Crippen LogP contribution in [0.1, 0.15) is 63.5 Å². The number of benzene rings is 2. The van der Waals surface area contributed by atoms with Gasteiger partial charge in [0.25, 0.3) is 15.9 Å². The molecule has 0 spiro atoms. The Morgan fingerprint density at radius 1 is 1.12 bits per heavy atom. The van der Waals surface area contributed by atoms with Gasteiger partial charge in [-0.3, -0.25) is 15.0 Å². The highest BCUT2D eigenvalue weighted by Crippen LogP contribution is 2.42. The lowest BCUT2D eigenvalue weighted by Gasteiger charge is -2.44. The molecule has 0 aromatic heterocycles. The Balaban J connectivity index is 1.36. The standard InChI is InChI=1S/C36H49ClN4O6S/c1-36(2)34(42)39-48(44,45)29-14-16-33-31(20-29)41(18-5-4-7-25-19-28(37)13-11-27(25)23-46-33)22-26-12-15-30(26)32(8-6-17-40(36)3)47-35(43)38-21-24-9-10-24/h6,8,11,13-14,16,19-20,24,26,30,32,35,38,43H,4-5,7,9-10,12,15,17-18,21-23H2,1-3H3,(H,39,42)/b8-6+/t26-,30+,32-,35?/m0/s1. The maximum atomic E-state index is 13.7. The number of amides is 1. The summed E-state index contributed by atoms with van der Waals surface area (Å²) in [4.78, 5) is 17.5. The first-order valence-electron chi connectivity index (χ1n) is 17.2. The smallest absolute Gasteiger partial charge is 0.264 e. The minimum absolute atomic E-state index is 0.00641. The molecule has 2 aliphatic heterocycles. The summed E-state index contributed by atoms with van der Waals surface area (Å²) in [7, 11) is -2.40. The second-order valence-electron chi connectivity index (χ2n) is 14.3.